The normalized spacial score (nSPS) is 15.5. The number of carbonyl (C=O) groups excluding carboxylic acids is 1. The second kappa shape index (κ2) is 12.4. The van der Waals surface area contributed by atoms with E-state index in [0.29, 0.717) is 24.1 Å². The smallest absolute Gasteiger partial charge is 0.326 e. The topological polar surface area (TPSA) is 181 Å². The Hall–Kier alpha value is -2.60. The molecule has 0 aliphatic carbocycles. The van der Waals surface area contributed by atoms with Crippen LogP contribution in [0.1, 0.15) is 47.5 Å². The molecule has 13 nitrogen and oxygen atoms in total. The monoisotopic (exact) mass is 514 g/mol. The molecule has 196 valence electrons. The number of imidazole rings is 1. The van der Waals surface area contributed by atoms with Crippen molar-refractivity contribution in [2.24, 2.45) is 5.92 Å². The molecule has 2 aromatic heterocycles. The van der Waals surface area contributed by atoms with Gasteiger partial charge in [-0.2, -0.15) is 0 Å². The zero-order chi connectivity index (χ0) is 26.2. The summed E-state index contributed by atoms with van der Waals surface area (Å²) in [5.41, 5.74) is 5.50. The Labute approximate surface area is 204 Å². The summed E-state index contributed by atoms with van der Waals surface area (Å²) >= 11 is 0. The molecule has 3 atom stereocenters. The number of hydrogen-bond donors (Lipinski definition) is 3. The molecule has 0 aliphatic heterocycles. The van der Waals surface area contributed by atoms with E-state index in [1.165, 1.54) is 27.1 Å². The van der Waals surface area contributed by atoms with E-state index in [1.807, 2.05) is 6.92 Å². The predicted molar refractivity (Wildman–Crippen MR) is 129 cm³/mol. The van der Waals surface area contributed by atoms with Crippen molar-refractivity contribution in [2.75, 3.05) is 25.3 Å². The molecule has 0 unspecified atom stereocenters. The minimum absolute atomic E-state index is 0.0993. The molecule has 2 aromatic rings. The van der Waals surface area contributed by atoms with Gasteiger partial charge in [-0.15, -0.1) is 0 Å². The SMILES string of the molecule is CCCOC(=O)C(C)(C)N[P@@](=O)(CO[C@H](C)Cn1cnc2c(N)ncnc21)OCC[C@H](C)C(=O)O. The van der Waals surface area contributed by atoms with Gasteiger partial charge in [0.15, 0.2) is 11.5 Å². The summed E-state index contributed by atoms with van der Waals surface area (Å²) in [5.74, 6) is -1.99. The molecule has 0 aliphatic rings. The van der Waals surface area contributed by atoms with E-state index < -0.39 is 37.0 Å². The van der Waals surface area contributed by atoms with E-state index in [2.05, 4.69) is 20.0 Å². The number of ether oxygens (including phenoxy) is 2. The minimum Gasteiger partial charge on any atom is -0.481 e. The van der Waals surface area contributed by atoms with E-state index in [4.69, 9.17) is 24.8 Å². The molecule has 35 heavy (non-hydrogen) atoms. The van der Waals surface area contributed by atoms with Crippen LogP contribution in [0.15, 0.2) is 12.7 Å². The molecule has 4 N–H and O–H groups in total. The number of hydrogen-bond acceptors (Lipinski definition) is 10. The summed E-state index contributed by atoms with van der Waals surface area (Å²) in [4.78, 5) is 35.9. The molecule has 0 saturated carbocycles. The molecular formula is C21H35N6O7P. The number of rotatable bonds is 15. The van der Waals surface area contributed by atoms with Gasteiger partial charge in [-0.05, 0) is 33.6 Å². The van der Waals surface area contributed by atoms with Crippen molar-refractivity contribution in [2.45, 2.75) is 65.6 Å². The van der Waals surface area contributed by atoms with Gasteiger partial charge in [-0.25, -0.2) is 20.0 Å². The number of fused-ring (bicyclic) bond motifs is 1. The first-order valence-electron chi connectivity index (χ1n) is 11.3. The highest BCUT2D eigenvalue weighted by atomic mass is 31.2. The maximum atomic E-state index is 13.7. The van der Waals surface area contributed by atoms with Crippen molar-refractivity contribution >= 4 is 36.4 Å². The van der Waals surface area contributed by atoms with Crippen LogP contribution in [0.4, 0.5) is 5.82 Å². The zero-order valence-corrected chi connectivity index (χ0v) is 21.7. The van der Waals surface area contributed by atoms with E-state index in [1.54, 1.807) is 17.8 Å². The molecule has 2 heterocycles. The lowest BCUT2D eigenvalue weighted by atomic mass is 10.1. The number of nitrogen functional groups attached to an aromatic ring is 1. The van der Waals surface area contributed by atoms with Crippen molar-refractivity contribution in [3.8, 4) is 0 Å². The molecule has 0 fully saturated rings. The second-order valence-electron chi connectivity index (χ2n) is 8.84. The van der Waals surface area contributed by atoms with E-state index in [0.717, 1.165) is 0 Å². The largest absolute Gasteiger partial charge is 0.481 e. The number of nitrogens with two attached hydrogens (primary N) is 1. The Balaban J connectivity index is 2.09. The van der Waals surface area contributed by atoms with Crippen molar-refractivity contribution in [3.05, 3.63) is 12.7 Å². The van der Waals surface area contributed by atoms with Crippen LogP contribution < -0.4 is 10.8 Å². The Bertz CT molecular complexity index is 1060. The van der Waals surface area contributed by atoms with Gasteiger partial charge in [0.2, 0.25) is 0 Å². The Morgan fingerprint density at radius 2 is 1.97 bits per heavy atom. The van der Waals surface area contributed by atoms with E-state index in [9.17, 15) is 14.2 Å². The molecule has 14 heteroatoms. The highest BCUT2D eigenvalue weighted by molar-refractivity contribution is 7.56. The number of aliphatic carboxylic acids is 1. The minimum atomic E-state index is -3.75. The van der Waals surface area contributed by atoms with Crippen molar-refractivity contribution in [1.29, 1.82) is 0 Å². The average molecular weight is 515 g/mol. The molecule has 2 rings (SSSR count). The van der Waals surface area contributed by atoms with Crippen LogP contribution in [0.5, 0.6) is 0 Å². The average Bonchev–Trinajstić information content (AvgIpc) is 3.19. The number of carboxylic acids is 1. The number of carbonyl (C=O) groups is 2. The fourth-order valence-corrected chi connectivity index (χ4v) is 5.03. The third-order valence-corrected chi connectivity index (χ3v) is 7.07. The van der Waals surface area contributed by atoms with Crippen LogP contribution in [0, 0.1) is 5.92 Å². The van der Waals surface area contributed by atoms with Crippen LogP contribution in [0.3, 0.4) is 0 Å². The van der Waals surface area contributed by atoms with Crippen LogP contribution in [-0.4, -0.2) is 67.8 Å². The molecular weight excluding hydrogens is 479 g/mol. The number of anilines is 1. The number of nitrogens with one attached hydrogen (secondary N) is 1. The summed E-state index contributed by atoms with van der Waals surface area (Å²) in [6.07, 6.45) is 2.87. The standard InChI is InChI=1S/C21H35N6O7P/c1-6-8-32-20(30)21(4,5)26-35(31,34-9-7-14(2)19(28)29)13-33-15(3)10-27-12-25-16-17(22)23-11-24-18(16)27/h11-12,14-15H,6-10,13H2,1-5H3,(H,26,31)(H,28,29)(H2,22,23,24)/t14-,15+,35+/m0/s1. The first kappa shape index (κ1) is 28.6. The molecule has 0 radical (unpaired) electrons. The summed E-state index contributed by atoms with van der Waals surface area (Å²) in [5, 5.41) is 11.9. The van der Waals surface area contributed by atoms with Gasteiger partial charge in [0.05, 0.1) is 38.1 Å². The van der Waals surface area contributed by atoms with Crippen LogP contribution in [0.2, 0.25) is 0 Å². The quantitative estimate of drug-likeness (QED) is 0.234. The second-order valence-corrected chi connectivity index (χ2v) is 10.9. The summed E-state index contributed by atoms with van der Waals surface area (Å²) < 4.78 is 32.0. The number of esters is 1. The van der Waals surface area contributed by atoms with Gasteiger partial charge in [0, 0.05) is 0 Å². The van der Waals surface area contributed by atoms with Crippen LogP contribution in [-0.2, 0) is 34.7 Å². The highest BCUT2D eigenvalue weighted by Crippen LogP contribution is 2.45. The number of aromatic nitrogens is 4. The number of nitrogens with zero attached hydrogens (tertiary/aromatic N) is 4. The van der Waals surface area contributed by atoms with E-state index in [-0.39, 0.29) is 31.8 Å². The van der Waals surface area contributed by atoms with Crippen molar-refractivity contribution in [3.63, 3.8) is 0 Å². The fraction of sp³-hybridized carbons (Fsp3) is 0.667. The lowest BCUT2D eigenvalue weighted by Gasteiger charge is -2.30. The van der Waals surface area contributed by atoms with Gasteiger partial charge in [0.25, 0.3) is 7.52 Å². The molecule has 0 spiro atoms. The van der Waals surface area contributed by atoms with E-state index >= 15 is 0 Å². The third-order valence-electron chi connectivity index (χ3n) is 5.08. The van der Waals surface area contributed by atoms with Gasteiger partial charge in [0.1, 0.15) is 23.7 Å². The maximum Gasteiger partial charge on any atom is 0.326 e. The van der Waals surface area contributed by atoms with Crippen molar-refractivity contribution < 1.29 is 33.3 Å². The van der Waals surface area contributed by atoms with Gasteiger partial charge in [-0.3, -0.25) is 14.2 Å². The molecule has 0 bridgehead atoms. The predicted octanol–water partition coefficient (Wildman–Crippen LogP) is 2.41. The Morgan fingerprint density at radius 3 is 2.63 bits per heavy atom. The lowest BCUT2D eigenvalue weighted by Crippen LogP contribution is -2.47. The maximum absolute atomic E-state index is 13.7. The van der Waals surface area contributed by atoms with Gasteiger partial charge in [-0.1, -0.05) is 13.8 Å². The third kappa shape index (κ3) is 8.24. The van der Waals surface area contributed by atoms with Crippen molar-refractivity contribution in [1.82, 2.24) is 24.6 Å². The Kier molecular flexibility index (Phi) is 10.1. The Morgan fingerprint density at radius 1 is 1.26 bits per heavy atom. The molecule has 0 aromatic carbocycles. The molecule has 0 amide bonds. The summed E-state index contributed by atoms with van der Waals surface area (Å²) in [6, 6.07) is 0. The van der Waals surface area contributed by atoms with Gasteiger partial charge < -0.3 is 29.4 Å². The van der Waals surface area contributed by atoms with Crippen LogP contribution in [0.25, 0.3) is 11.2 Å². The lowest BCUT2D eigenvalue weighted by molar-refractivity contribution is -0.149. The van der Waals surface area contributed by atoms with Gasteiger partial charge >= 0.3 is 11.9 Å². The van der Waals surface area contributed by atoms with Crippen LogP contribution >= 0.6 is 7.52 Å². The molecule has 0 saturated heterocycles. The summed E-state index contributed by atoms with van der Waals surface area (Å²) in [6.45, 7) is 8.69. The fourth-order valence-electron chi connectivity index (χ4n) is 3.04. The summed E-state index contributed by atoms with van der Waals surface area (Å²) in [7, 11) is -3.75. The zero-order valence-electron chi connectivity index (χ0n) is 20.8. The number of carboxylic acid groups (broad SMARTS) is 1. The first-order valence-corrected chi connectivity index (χ1v) is 13.2. The first-order chi connectivity index (χ1) is 16.4. The highest BCUT2D eigenvalue weighted by Gasteiger charge is 2.38.